The van der Waals surface area contributed by atoms with Crippen LogP contribution in [0.15, 0.2) is 77.4 Å². The fourth-order valence-electron chi connectivity index (χ4n) is 3.46. The molecule has 5 nitrogen and oxygen atoms in total. The molecular formula is C27H25NO4. The summed E-state index contributed by atoms with van der Waals surface area (Å²) in [5.41, 5.74) is 5.10. The molecule has 0 aliphatic carbocycles. The molecule has 0 radical (unpaired) electrons. The third kappa shape index (κ3) is 4.89. The quantitative estimate of drug-likeness (QED) is 0.362. The predicted molar refractivity (Wildman–Crippen MR) is 125 cm³/mol. The monoisotopic (exact) mass is 427 g/mol. The van der Waals surface area contributed by atoms with E-state index >= 15 is 0 Å². The summed E-state index contributed by atoms with van der Waals surface area (Å²) in [7, 11) is 0. The molecule has 1 aliphatic rings. The van der Waals surface area contributed by atoms with E-state index in [-0.39, 0.29) is 5.70 Å². The molecule has 0 aromatic heterocycles. The molecule has 162 valence electrons. The van der Waals surface area contributed by atoms with Crippen molar-refractivity contribution in [2.24, 2.45) is 4.99 Å². The summed E-state index contributed by atoms with van der Waals surface area (Å²) in [6.07, 6.45) is 1.69. The molecule has 5 heteroatoms. The maximum Gasteiger partial charge on any atom is 0.363 e. The van der Waals surface area contributed by atoms with Crippen molar-refractivity contribution in [2.45, 2.75) is 27.4 Å². The Bertz CT molecular complexity index is 1210. The number of ether oxygens (including phenoxy) is 3. The first-order chi connectivity index (χ1) is 15.5. The molecule has 3 aromatic rings. The molecule has 0 saturated heterocycles. The zero-order chi connectivity index (χ0) is 22.5. The van der Waals surface area contributed by atoms with E-state index in [0.29, 0.717) is 30.6 Å². The van der Waals surface area contributed by atoms with Crippen molar-refractivity contribution >= 4 is 17.9 Å². The van der Waals surface area contributed by atoms with Gasteiger partial charge < -0.3 is 14.2 Å². The summed E-state index contributed by atoms with van der Waals surface area (Å²) < 4.78 is 17.2. The Morgan fingerprint density at radius 2 is 1.78 bits per heavy atom. The van der Waals surface area contributed by atoms with Crippen LogP contribution in [0.2, 0.25) is 0 Å². The van der Waals surface area contributed by atoms with Crippen molar-refractivity contribution in [2.75, 3.05) is 6.61 Å². The summed E-state index contributed by atoms with van der Waals surface area (Å²) in [6, 6.07) is 21.4. The predicted octanol–water partition coefficient (Wildman–Crippen LogP) is 5.63. The molecule has 0 spiro atoms. The van der Waals surface area contributed by atoms with Crippen molar-refractivity contribution < 1.29 is 19.0 Å². The molecule has 1 heterocycles. The first kappa shape index (κ1) is 21.4. The molecule has 0 amide bonds. The standard InChI is InChI=1S/C27H25NO4/c1-4-30-25-16-20(12-13-24(25)31-17-21-10-7-8-18(2)14-21)15-23-27(29)32-26(28-23)22-11-6-5-9-19(22)3/h5-16H,4,17H2,1-3H3. The van der Waals surface area contributed by atoms with Gasteiger partial charge in [0.2, 0.25) is 5.90 Å². The third-order valence-corrected chi connectivity index (χ3v) is 5.04. The smallest absolute Gasteiger partial charge is 0.363 e. The lowest BCUT2D eigenvalue weighted by molar-refractivity contribution is -0.129. The molecule has 0 fully saturated rings. The minimum atomic E-state index is -0.471. The topological polar surface area (TPSA) is 57.1 Å². The van der Waals surface area contributed by atoms with Gasteiger partial charge in [-0.05, 0) is 61.7 Å². The zero-order valence-electron chi connectivity index (χ0n) is 18.4. The van der Waals surface area contributed by atoms with Crippen molar-refractivity contribution in [3.63, 3.8) is 0 Å². The van der Waals surface area contributed by atoms with Crippen molar-refractivity contribution in [1.29, 1.82) is 0 Å². The first-order valence-electron chi connectivity index (χ1n) is 10.6. The summed E-state index contributed by atoms with van der Waals surface area (Å²) in [4.78, 5) is 16.8. The fourth-order valence-corrected chi connectivity index (χ4v) is 3.46. The van der Waals surface area contributed by atoms with E-state index in [9.17, 15) is 4.79 Å². The molecule has 0 bridgehead atoms. The maximum atomic E-state index is 12.4. The highest BCUT2D eigenvalue weighted by Gasteiger charge is 2.25. The SMILES string of the molecule is CCOc1cc(C=C2N=C(c3ccccc3C)OC2=O)ccc1OCc1cccc(C)c1. The molecule has 4 rings (SSSR count). The van der Waals surface area contributed by atoms with E-state index < -0.39 is 5.97 Å². The van der Waals surface area contributed by atoms with Gasteiger partial charge in [0, 0.05) is 5.56 Å². The second-order valence-corrected chi connectivity index (χ2v) is 7.57. The number of esters is 1. The van der Waals surface area contributed by atoms with Crippen molar-refractivity contribution in [3.05, 3.63) is 100 Å². The number of rotatable bonds is 7. The first-order valence-corrected chi connectivity index (χ1v) is 10.6. The Morgan fingerprint density at radius 3 is 2.56 bits per heavy atom. The van der Waals surface area contributed by atoms with Crippen molar-refractivity contribution in [3.8, 4) is 11.5 Å². The average molecular weight is 428 g/mol. The van der Waals surface area contributed by atoms with Crippen LogP contribution in [0.25, 0.3) is 6.08 Å². The zero-order valence-corrected chi connectivity index (χ0v) is 18.4. The van der Waals surface area contributed by atoms with Gasteiger partial charge in [-0.15, -0.1) is 0 Å². The van der Waals surface area contributed by atoms with Crippen LogP contribution in [-0.2, 0) is 16.1 Å². The molecule has 32 heavy (non-hydrogen) atoms. The largest absolute Gasteiger partial charge is 0.490 e. The lowest BCUT2D eigenvalue weighted by atomic mass is 10.1. The van der Waals surface area contributed by atoms with Gasteiger partial charge in [-0.25, -0.2) is 9.79 Å². The van der Waals surface area contributed by atoms with Gasteiger partial charge in [-0.2, -0.15) is 0 Å². The molecular weight excluding hydrogens is 402 g/mol. The minimum absolute atomic E-state index is 0.249. The van der Waals surface area contributed by atoms with E-state index in [0.717, 1.165) is 22.3 Å². The van der Waals surface area contributed by atoms with Crippen LogP contribution < -0.4 is 9.47 Å². The van der Waals surface area contributed by atoms with Crippen LogP contribution in [0.4, 0.5) is 0 Å². The summed E-state index contributed by atoms with van der Waals surface area (Å²) >= 11 is 0. The summed E-state index contributed by atoms with van der Waals surface area (Å²) in [5, 5.41) is 0. The van der Waals surface area contributed by atoms with Crippen LogP contribution in [0.1, 0.15) is 34.7 Å². The second kappa shape index (κ2) is 9.52. The van der Waals surface area contributed by atoms with Gasteiger partial charge in [0.05, 0.1) is 6.61 Å². The van der Waals surface area contributed by atoms with Gasteiger partial charge in [-0.1, -0.05) is 54.1 Å². The van der Waals surface area contributed by atoms with Crippen LogP contribution in [0, 0.1) is 13.8 Å². The highest BCUT2D eigenvalue weighted by Crippen LogP contribution is 2.31. The highest BCUT2D eigenvalue weighted by atomic mass is 16.6. The van der Waals surface area contributed by atoms with E-state index in [4.69, 9.17) is 14.2 Å². The number of nitrogens with zero attached hydrogens (tertiary/aromatic N) is 1. The third-order valence-electron chi connectivity index (χ3n) is 5.04. The molecule has 0 atom stereocenters. The molecule has 0 unspecified atom stereocenters. The maximum absolute atomic E-state index is 12.4. The number of aryl methyl sites for hydroxylation is 2. The highest BCUT2D eigenvalue weighted by molar-refractivity contribution is 6.13. The molecule has 0 N–H and O–H groups in total. The lowest BCUT2D eigenvalue weighted by Gasteiger charge is -2.13. The van der Waals surface area contributed by atoms with E-state index in [1.165, 1.54) is 5.56 Å². The number of hydrogen-bond donors (Lipinski definition) is 0. The van der Waals surface area contributed by atoms with Crippen molar-refractivity contribution in [1.82, 2.24) is 0 Å². The van der Waals surface area contributed by atoms with E-state index in [1.807, 2.05) is 68.4 Å². The molecule has 0 saturated carbocycles. The van der Waals surface area contributed by atoms with Crippen LogP contribution in [0.5, 0.6) is 11.5 Å². The number of carbonyl (C=O) groups excluding carboxylic acids is 1. The Kier molecular flexibility index (Phi) is 6.36. The van der Waals surface area contributed by atoms with Gasteiger partial charge in [0.1, 0.15) is 6.61 Å². The number of benzene rings is 3. The molecule has 3 aromatic carbocycles. The lowest BCUT2D eigenvalue weighted by Crippen LogP contribution is -2.06. The Hall–Kier alpha value is -3.86. The summed E-state index contributed by atoms with van der Waals surface area (Å²) in [5.74, 6) is 1.11. The Morgan fingerprint density at radius 1 is 0.938 bits per heavy atom. The average Bonchev–Trinajstić information content (AvgIpc) is 3.13. The summed E-state index contributed by atoms with van der Waals surface area (Å²) in [6.45, 7) is 6.87. The second-order valence-electron chi connectivity index (χ2n) is 7.57. The fraction of sp³-hybridized carbons (Fsp3) is 0.185. The van der Waals surface area contributed by atoms with Gasteiger partial charge in [0.15, 0.2) is 17.2 Å². The van der Waals surface area contributed by atoms with Crippen LogP contribution in [0.3, 0.4) is 0 Å². The van der Waals surface area contributed by atoms with E-state index in [2.05, 4.69) is 24.0 Å². The van der Waals surface area contributed by atoms with Gasteiger partial charge >= 0.3 is 5.97 Å². The number of carbonyl (C=O) groups is 1. The number of hydrogen-bond acceptors (Lipinski definition) is 5. The van der Waals surface area contributed by atoms with Crippen LogP contribution in [-0.4, -0.2) is 18.5 Å². The number of cyclic esters (lactones) is 1. The van der Waals surface area contributed by atoms with Crippen LogP contribution >= 0.6 is 0 Å². The Labute approximate surface area is 188 Å². The number of aliphatic imine (C=N–C) groups is 1. The minimum Gasteiger partial charge on any atom is -0.490 e. The Balaban J connectivity index is 1.57. The molecule has 1 aliphatic heterocycles. The van der Waals surface area contributed by atoms with E-state index in [1.54, 1.807) is 6.08 Å². The normalized spacial score (nSPS) is 14.3. The van der Waals surface area contributed by atoms with Gasteiger partial charge in [0.25, 0.3) is 0 Å². The van der Waals surface area contributed by atoms with Gasteiger partial charge in [-0.3, -0.25) is 0 Å².